The summed E-state index contributed by atoms with van der Waals surface area (Å²) in [6, 6.07) is 9.73. The van der Waals surface area contributed by atoms with Crippen LogP contribution < -0.4 is 16.7 Å². The lowest BCUT2D eigenvalue weighted by atomic mass is 10.2. The van der Waals surface area contributed by atoms with Crippen LogP contribution in [0, 0.1) is 0 Å². The number of hydrogen-bond acceptors (Lipinski definition) is 6. The van der Waals surface area contributed by atoms with Gasteiger partial charge in [-0.3, -0.25) is 9.59 Å². The van der Waals surface area contributed by atoms with Crippen molar-refractivity contribution in [2.75, 3.05) is 11.1 Å². The molecule has 0 unspecified atom stereocenters. The molecule has 3 rings (SSSR count). The van der Waals surface area contributed by atoms with Crippen LogP contribution >= 0.6 is 0 Å². The lowest BCUT2D eigenvalue weighted by Gasteiger charge is -2.04. The number of hydrogen-bond donors (Lipinski definition) is 2. The van der Waals surface area contributed by atoms with E-state index in [1.165, 1.54) is 13.0 Å². The molecule has 0 saturated heterocycles. The fourth-order valence-electron chi connectivity index (χ4n) is 2.10. The predicted octanol–water partition coefficient (Wildman–Crippen LogP) is 1.48. The number of carbonyl (C=O) groups excluding carboxylic acids is 2. The summed E-state index contributed by atoms with van der Waals surface area (Å²) < 4.78 is 5.97. The van der Waals surface area contributed by atoms with Gasteiger partial charge in [-0.15, -0.1) is 5.10 Å². The van der Waals surface area contributed by atoms with Gasteiger partial charge in [0.25, 0.3) is 5.91 Å². The molecule has 8 heteroatoms. The van der Waals surface area contributed by atoms with Crippen molar-refractivity contribution in [1.29, 1.82) is 0 Å². The van der Waals surface area contributed by atoms with Gasteiger partial charge in [0, 0.05) is 12.5 Å². The van der Waals surface area contributed by atoms with Crippen LogP contribution in [0.1, 0.15) is 22.1 Å². The van der Waals surface area contributed by atoms with Crippen molar-refractivity contribution in [1.82, 2.24) is 9.78 Å². The van der Waals surface area contributed by atoms with Crippen LogP contribution in [-0.4, -0.2) is 21.6 Å². The molecule has 1 amide bonds. The Morgan fingerprint density at radius 2 is 1.96 bits per heavy atom. The van der Waals surface area contributed by atoms with Crippen LogP contribution in [0.3, 0.4) is 0 Å². The Labute approximate surface area is 129 Å². The van der Waals surface area contributed by atoms with Crippen molar-refractivity contribution in [3.8, 4) is 0 Å². The average Bonchev–Trinajstić information content (AvgIpc) is 2.85. The van der Waals surface area contributed by atoms with Gasteiger partial charge >= 0.3 is 5.63 Å². The average molecular weight is 312 g/mol. The highest BCUT2D eigenvalue weighted by atomic mass is 16.4. The fourth-order valence-corrected chi connectivity index (χ4v) is 2.10. The number of carbonyl (C=O) groups is 2. The van der Waals surface area contributed by atoms with E-state index in [0.717, 1.165) is 4.68 Å². The molecule has 23 heavy (non-hydrogen) atoms. The summed E-state index contributed by atoms with van der Waals surface area (Å²) in [6.07, 6.45) is 0. The Morgan fingerprint density at radius 1 is 1.26 bits per heavy atom. The van der Waals surface area contributed by atoms with Gasteiger partial charge in [0.15, 0.2) is 5.82 Å². The van der Waals surface area contributed by atoms with E-state index in [1.807, 2.05) is 0 Å². The van der Waals surface area contributed by atoms with Gasteiger partial charge in [-0.1, -0.05) is 18.2 Å². The van der Waals surface area contributed by atoms with E-state index in [1.54, 1.807) is 30.3 Å². The molecule has 0 aliphatic rings. The second-order valence-electron chi connectivity index (χ2n) is 4.80. The zero-order chi connectivity index (χ0) is 16.6. The Morgan fingerprint density at radius 3 is 2.61 bits per heavy atom. The maximum Gasteiger partial charge on any atom is 0.361 e. The molecule has 0 atom stereocenters. The smallest absolute Gasteiger partial charge is 0.361 e. The van der Waals surface area contributed by atoms with E-state index in [2.05, 4.69) is 10.4 Å². The van der Waals surface area contributed by atoms with Crippen molar-refractivity contribution in [3.05, 3.63) is 52.4 Å². The van der Waals surface area contributed by atoms with Crippen molar-refractivity contribution in [2.45, 2.75) is 6.92 Å². The number of amides is 1. The number of nitrogens with one attached hydrogen (secondary N) is 1. The Hall–Kier alpha value is -3.42. The first-order valence-electron chi connectivity index (χ1n) is 6.67. The molecular formula is C15H12N4O4. The minimum atomic E-state index is -0.802. The van der Waals surface area contributed by atoms with E-state index in [4.69, 9.17) is 10.2 Å². The molecule has 0 radical (unpaired) electrons. The highest BCUT2D eigenvalue weighted by Gasteiger charge is 2.18. The lowest BCUT2D eigenvalue weighted by Crippen LogP contribution is -2.18. The van der Waals surface area contributed by atoms with Crippen molar-refractivity contribution in [3.63, 3.8) is 0 Å². The number of nitrogens with two attached hydrogens (primary N) is 1. The summed E-state index contributed by atoms with van der Waals surface area (Å²) in [5.41, 5.74) is 5.16. The summed E-state index contributed by atoms with van der Waals surface area (Å²) in [5, 5.41) is 6.54. The quantitative estimate of drug-likeness (QED) is 0.739. The molecule has 116 valence electrons. The lowest BCUT2D eigenvalue weighted by molar-refractivity contribution is 0.0922. The van der Waals surface area contributed by atoms with E-state index < -0.39 is 17.4 Å². The number of rotatable bonds is 2. The second kappa shape index (κ2) is 5.41. The summed E-state index contributed by atoms with van der Waals surface area (Å²) >= 11 is 0. The van der Waals surface area contributed by atoms with Crippen molar-refractivity contribution in [2.24, 2.45) is 0 Å². The van der Waals surface area contributed by atoms with Gasteiger partial charge < -0.3 is 15.5 Å². The summed E-state index contributed by atoms with van der Waals surface area (Å²) in [6.45, 7) is 1.26. The van der Waals surface area contributed by atoms with Gasteiger partial charge in [-0.05, 0) is 18.2 Å². The number of nitrogen functional groups attached to an aromatic ring is 1. The maximum atomic E-state index is 12.1. The first-order chi connectivity index (χ1) is 11.0. The van der Waals surface area contributed by atoms with Crippen LogP contribution in [0.25, 0.3) is 11.1 Å². The number of nitrogens with zero attached hydrogens (tertiary/aromatic N) is 2. The zero-order valence-corrected chi connectivity index (χ0v) is 12.1. The van der Waals surface area contributed by atoms with E-state index in [0.29, 0.717) is 5.56 Å². The zero-order valence-electron chi connectivity index (χ0n) is 12.1. The minimum Gasteiger partial charge on any atom is -0.402 e. The monoisotopic (exact) mass is 312 g/mol. The number of fused-ring (bicyclic) bond motifs is 1. The SMILES string of the molecule is CC(=O)n1nc(N)c2cc(NC(=O)c3ccccc3)c(=O)oc21. The molecule has 0 aliphatic heterocycles. The highest BCUT2D eigenvalue weighted by molar-refractivity contribution is 6.05. The normalized spacial score (nSPS) is 10.7. The van der Waals surface area contributed by atoms with Crippen LogP contribution in [0.4, 0.5) is 11.5 Å². The highest BCUT2D eigenvalue weighted by Crippen LogP contribution is 2.22. The first-order valence-corrected chi connectivity index (χ1v) is 6.67. The minimum absolute atomic E-state index is 0.0224. The predicted molar refractivity (Wildman–Crippen MR) is 83.4 cm³/mol. The Bertz CT molecular complexity index is 972. The summed E-state index contributed by atoms with van der Waals surface area (Å²) in [4.78, 5) is 35.6. The Kier molecular flexibility index (Phi) is 3.41. The molecule has 0 saturated carbocycles. The third kappa shape index (κ3) is 2.57. The number of aromatic nitrogens is 2. The van der Waals surface area contributed by atoms with Crippen LogP contribution in [0.5, 0.6) is 0 Å². The standard InChI is InChI=1S/C15H12N4O4/c1-8(20)19-14-10(12(16)18-19)7-11(15(22)23-14)17-13(21)9-5-3-2-4-6-9/h2-7H,1H3,(H2,16,18)(H,17,21). The molecular weight excluding hydrogens is 300 g/mol. The van der Waals surface area contributed by atoms with Gasteiger partial charge in [0.2, 0.25) is 11.6 Å². The number of benzene rings is 1. The maximum absolute atomic E-state index is 12.1. The van der Waals surface area contributed by atoms with Gasteiger partial charge in [0.1, 0.15) is 5.69 Å². The van der Waals surface area contributed by atoms with Crippen molar-refractivity contribution < 1.29 is 14.0 Å². The molecule has 0 fully saturated rings. The molecule has 8 nitrogen and oxygen atoms in total. The third-order valence-electron chi connectivity index (χ3n) is 3.19. The molecule has 3 aromatic rings. The molecule has 2 heterocycles. The van der Waals surface area contributed by atoms with E-state index in [-0.39, 0.29) is 22.6 Å². The molecule has 0 spiro atoms. The largest absolute Gasteiger partial charge is 0.402 e. The van der Waals surface area contributed by atoms with Crippen LogP contribution in [0.15, 0.2) is 45.6 Å². The van der Waals surface area contributed by atoms with Gasteiger partial charge in [0.05, 0.1) is 5.39 Å². The van der Waals surface area contributed by atoms with E-state index in [9.17, 15) is 14.4 Å². The summed E-state index contributed by atoms with van der Waals surface area (Å²) in [7, 11) is 0. The molecule has 2 aromatic heterocycles. The number of anilines is 2. The van der Waals surface area contributed by atoms with Gasteiger partial charge in [-0.2, -0.15) is 4.68 Å². The second-order valence-corrected chi connectivity index (χ2v) is 4.80. The van der Waals surface area contributed by atoms with Crippen LogP contribution in [0.2, 0.25) is 0 Å². The molecule has 3 N–H and O–H groups in total. The first kappa shape index (κ1) is 14.5. The van der Waals surface area contributed by atoms with E-state index >= 15 is 0 Å². The molecule has 0 aliphatic carbocycles. The topological polar surface area (TPSA) is 120 Å². The summed E-state index contributed by atoms with van der Waals surface area (Å²) in [5.74, 6) is -0.889. The Balaban J connectivity index is 2.04. The van der Waals surface area contributed by atoms with Crippen LogP contribution in [-0.2, 0) is 0 Å². The van der Waals surface area contributed by atoms with Crippen molar-refractivity contribution >= 4 is 34.4 Å². The molecule has 1 aromatic carbocycles. The molecule has 0 bridgehead atoms. The third-order valence-corrected chi connectivity index (χ3v) is 3.19. The fraction of sp³-hybridized carbons (Fsp3) is 0.0667. The van der Waals surface area contributed by atoms with Gasteiger partial charge in [-0.25, -0.2) is 4.79 Å².